The number of ether oxygens (including phenoxy) is 1. The van der Waals surface area contributed by atoms with E-state index in [-0.39, 0.29) is 30.1 Å². The molecule has 3 aromatic rings. The zero-order valence-corrected chi connectivity index (χ0v) is 27.8. The van der Waals surface area contributed by atoms with Crippen molar-refractivity contribution in [2.45, 2.75) is 69.3 Å². The van der Waals surface area contributed by atoms with Crippen LogP contribution in [0.15, 0.2) is 30.6 Å². The molecule has 14 nitrogen and oxygen atoms in total. The number of alkyl halides is 2. The molecule has 1 atom stereocenters. The third-order valence-electron chi connectivity index (χ3n) is 9.59. The Hall–Kier alpha value is -3.96. The third kappa shape index (κ3) is 7.52. The van der Waals surface area contributed by atoms with Crippen LogP contribution < -0.4 is 20.3 Å². The van der Waals surface area contributed by atoms with Gasteiger partial charge in [-0.05, 0) is 82.3 Å². The van der Waals surface area contributed by atoms with Crippen LogP contribution in [0.4, 0.5) is 25.3 Å². The molecule has 3 aliphatic heterocycles. The van der Waals surface area contributed by atoms with Gasteiger partial charge in [0.25, 0.3) is 0 Å². The lowest BCUT2D eigenvalue weighted by Gasteiger charge is -2.35. The molecule has 1 unspecified atom stereocenters. The molecule has 48 heavy (non-hydrogen) atoms. The Labute approximate surface area is 277 Å². The molecule has 3 amide bonds. The Morgan fingerprint density at radius 1 is 1.04 bits per heavy atom. The maximum atomic E-state index is 13.4. The number of nitrogens with zero attached hydrogens (tertiary/aromatic N) is 7. The number of imide groups is 1. The molecule has 3 aliphatic rings. The normalized spacial score (nSPS) is 20.0. The van der Waals surface area contributed by atoms with Gasteiger partial charge >= 0.3 is 12.6 Å². The van der Waals surface area contributed by atoms with Gasteiger partial charge in [0.05, 0.1) is 23.2 Å². The summed E-state index contributed by atoms with van der Waals surface area (Å²) in [5.74, 6) is 0.790. The Kier molecular flexibility index (Phi) is 10.1. The number of amides is 3. The van der Waals surface area contributed by atoms with Gasteiger partial charge in [0.1, 0.15) is 0 Å². The van der Waals surface area contributed by atoms with Crippen molar-refractivity contribution in [3.8, 4) is 5.75 Å². The molecule has 5 heterocycles. The number of anilines is 2. The smallest absolute Gasteiger partial charge is 0.387 e. The van der Waals surface area contributed by atoms with E-state index in [0.717, 1.165) is 36.8 Å². The van der Waals surface area contributed by atoms with E-state index in [0.29, 0.717) is 57.2 Å². The number of carbonyl (C=O) groups is 2. The summed E-state index contributed by atoms with van der Waals surface area (Å²) in [7, 11) is -1.61. The first kappa shape index (κ1) is 33.9. The molecule has 3 saturated heterocycles. The van der Waals surface area contributed by atoms with Crippen molar-refractivity contribution in [2.75, 3.05) is 49.5 Å². The summed E-state index contributed by atoms with van der Waals surface area (Å²) in [4.78, 5) is 35.9. The lowest BCUT2D eigenvalue weighted by atomic mass is 9.89. The lowest BCUT2D eigenvalue weighted by molar-refractivity contribution is -0.120. The molecule has 2 aromatic heterocycles. The van der Waals surface area contributed by atoms with Crippen molar-refractivity contribution in [3.63, 3.8) is 0 Å². The summed E-state index contributed by atoms with van der Waals surface area (Å²) < 4.78 is 59.1. The topological polar surface area (TPSA) is 155 Å². The van der Waals surface area contributed by atoms with Crippen LogP contribution in [0.25, 0.3) is 10.9 Å². The van der Waals surface area contributed by atoms with E-state index in [9.17, 15) is 26.8 Å². The van der Waals surface area contributed by atoms with Gasteiger partial charge in [-0.25, -0.2) is 27.5 Å². The molecular weight excluding hydrogens is 648 g/mol. The number of carbonyl (C=O) groups excluding carboxylic acids is 2. The van der Waals surface area contributed by atoms with Crippen molar-refractivity contribution in [1.29, 1.82) is 0 Å². The number of fused-ring (bicyclic) bond motifs is 1. The van der Waals surface area contributed by atoms with Crippen molar-refractivity contribution in [2.24, 2.45) is 7.05 Å². The minimum Gasteiger partial charge on any atom is -0.432 e. The fourth-order valence-electron chi connectivity index (χ4n) is 6.72. The van der Waals surface area contributed by atoms with Gasteiger partial charge in [-0.1, -0.05) is 6.07 Å². The second-order valence-corrected chi connectivity index (χ2v) is 15.0. The van der Waals surface area contributed by atoms with E-state index in [2.05, 4.69) is 47.5 Å². The van der Waals surface area contributed by atoms with E-state index >= 15 is 0 Å². The molecule has 2 N–H and O–H groups in total. The Bertz CT molecular complexity index is 1720. The minimum absolute atomic E-state index is 0.0290. The van der Waals surface area contributed by atoms with Gasteiger partial charge in [0, 0.05) is 44.5 Å². The van der Waals surface area contributed by atoms with Gasteiger partial charge in [-0.3, -0.25) is 19.7 Å². The highest BCUT2D eigenvalue weighted by molar-refractivity contribution is 7.89. The monoisotopic (exact) mass is 689 g/mol. The van der Waals surface area contributed by atoms with E-state index in [1.807, 2.05) is 13.1 Å². The quantitative estimate of drug-likeness (QED) is 0.307. The standard InChI is InChI=1S/C31H41F2N9O5S/c1-20(48(45,46)41-14-8-23(9-15-41)36-30-34-18-24(19-35-30)47-29(32)33)5-11-40-12-6-21(7-13-40)22-3-4-25-26(17-22)39(2)38-28(25)42-16-10-27(43)37-31(42)44/h3-4,17-21,23,29H,5-16H2,1-2H3,(H,34,35,36)(H,37,43,44). The molecule has 1 aromatic carbocycles. The largest absolute Gasteiger partial charge is 0.432 e. The van der Waals surface area contributed by atoms with Crippen molar-refractivity contribution < 1.29 is 31.5 Å². The number of piperidine rings is 2. The second-order valence-electron chi connectivity index (χ2n) is 12.7. The van der Waals surface area contributed by atoms with Crippen LogP contribution >= 0.6 is 0 Å². The number of sulfonamides is 1. The first-order chi connectivity index (χ1) is 23.0. The summed E-state index contributed by atoms with van der Waals surface area (Å²) in [5, 5.41) is 10.5. The molecule has 0 spiro atoms. The van der Waals surface area contributed by atoms with Crippen molar-refractivity contribution in [3.05, 3.63) is 36.2 Å². The van der Waals surface area contributed by atoms with Crippen LogP contribution in [0, 0.1) is 0 Å². The zero-order chi connectivity index (χ0) is 34.0. The van der Waals surface area contributed by atoms with Crippen LogP contribution in [-0.2, 0) is 21.9 Å². The average molecular weight is 690 g/mol. The van der Waals surface area contributed by atoms with Crippen molar-refractivity contribution >= 4 is 44.6 Å². The van der Waals surface area contributed by atoms with Gasteiger partial charge in [-0.15, -0.1) is 0 Å². The molecular formula is C31H41F2N9O5S. The molecule has 17 heteroatoms. The number of aryl methyl sites for hydroxylation is 1. The molecule has 0 aliphatic carbocycles. The highest BCUT2D eigenvalue weighted by atomic mass is 32.2. The predicted molar refractivity (Wildman–Crippen MR) is 175 cm³/mol. The average Bonchev–Trinajstić information content (AvgIpc) is 3.39. The summed E-state index contributed by atoms with van der Waals surface area (Å²) >= 11 is 0. The maximum Gasteiger partial charge on any atom is 0.387 e. The number of nitrogens with one attached hydrogen (secondary N) is 2. The number of urea groups is 1. The molecule has 0 saturated carbocycles. The fourth-order valence-corrected chi connectivity index (χ4v) is 8.36. The van der Waals surface area contributed by atoms with E-state index in [4.69, 9.17) is 0 Å². The maximum absolute atomic E-state index is 13.4. The van der Waals surface area contributed by atoms with Crippen LogP contribution in [0.3, 0.4) is 0 Å². The minimum atomic E-state index is -3.46. The van der Waals surface area contributed by atoms with E-state index in [1.165, 1.54) is 22.9 Å². The van der Waals surface area contributed by atoms with E-state index in [1.54, 1.807) is 15.9 Å². The Balaban J connectivity index is 0.959. The van der Waals surface area contributed by atoms with Crippen LogP contribution in [0.1, 0.15) is 56.9 Å². The first-order valence-electron chi connectivity index (χ1n) is 16.3. The SMILES string of the molecule is CC(CCN1CCC(c2ccc3c(N4CCC(=O)NC4=O)nn(C)c3c2)CC1)S(=O)(=O)N1CCC(Nc2ncc(OC(F)F)cn2)CC1. The number of aromatic nitrogens is 4. The number of rotatable bonds is 11. The second kappa shape index (κ2) is 14.3. The summed E-state index contributed by atoms with van der Waals surface area (Å²) in [6.07, 6.45) is 6.21. The molecule has 0 radical (unpaired) electrons. The number of benzene rings is 1. The predicted octanol–water partition coefficient (Wildman–Crippen LogP) is 3.28. The molecule has 3 fully saturated rings. The lowest BCUT2D eigenvalue weighted by Crippen LogP contribution is -2.49. The Morgan fingerprint density at radius 3 is 2.42 bits per heavy atom. The van der Waals surface area contributed by atoms with Gasteiger partial charge in [0.15, 0.2) is 11.6 Å². The summed E-state index contributed by atoms with van der Waals surface area (Å²) in [6, 6.07) is 5.77. The van der Waals surface area contributed by atoms with Crippen LogP contribution in [-0.4, -0.2) is 106 Å². The number of hydrogen-bond acceptors (Lipinski definition) is 10. The van der Waals surface area contributed by atoms with Gasteiger partial charge in [-0.2, -0.15) is 13.9 Å². The van der Waals surface area contributed by atoms with Crippen LogP contribution in [0.5, 0.6) is 5.75 Å². The number of halogens is 2. The molecule has 260 valence electrons. The highest BCUT2D eigenvalue weighted by Gasteiger charge is 2.33. The highest BCUT2D eigenvalue weighted by Crippen LogP contribution is 2.34. The van der Waals surface area contributed by atoms with Crippen molar-refractivity contribution in [1.82, 2.24) is 34.3 Å². The van der Waals surface area contributed by atoms with Gasteiger partial charge < -0.3 is 15.0 Å². The molecule has 0 bridgehead atoms. The van der Waals surface area contributed by atoms with Gasteiger partial charge in [0.2, 0.25) is 21.9 Å². The summed E-state index contributed by atoms with van der Waals surface area (Å²) in [5.41, 5.74) is 2.14. The first-order valence-corrected chi connectivity index (χ1v) is 17.8. The zero-order valence-electron chi connectivity index (χ0n) is 27.0. The Morgan fingerprint density at radius 2 is 1.75 bits per heavy atom. The number of hydrogen-bond donors (Lipinski definition) is 2. The third-order valence-corrected chi connectivity index (χ3v) is 11.9. The fraction of sp³-hybridized carbons (Fsp3) is 0.581. The molecule has 6 rings (SSSR count). The van der Waals surface area contributed by atoms with E-state index < -0.39 is 27.9 Å². The van der Waals surface area contributed by atoms with Crippen LogP contribution in [0.2, 0.25) is 0 Å². The summed E-state index contributed by atoms with van der Waals surface area (Å²) in [6.45, 7) is 2.36. The number of likely N-dealkylation sites (tertiary alicyclic amines) is 1.